The molecule has 3 nitrogen and oxygen atoms in total. The van der Waals surface area contributed by atoms with Gasteiger partial charge in [0.05, 0.1) is 11.0 Å². The van der Waals surface area contributed by atoms with Gasteiger partial charge in [0.2, 0.25) is 0 Å². The summed E-state index contributed by atoms with van der Waals surface area (Å²) in [6.45, 7) is 0. The van der Waals surface area contributed by atoms with E-state index >= 15 is 0 Å². The van der Waals surface area contributed by atoms with E-state index in [4.69, 9.17) is 0 Å². The maximum Gasteiger partial charge on any atom is 0.150 e. The van der Waals surface area contributed by atoms with Crippen molar-refractivity contribution in [3.05, 3.63) is 126 Å². The molecule has 0 aliphatic carbocycles. The molecule has 0 saturated carbocycles. The largest absolute Gasteiger partial charge is 0.309 e. The van der Waals surface area contributed by atoms with Gasteiger partial charge < -0.3 is 4.57 Å². The van der Waals surface area contributed by atoms with Crippen molar-refractivity contribution < 1.29 is 9.59 Å². The number of nitrogens with zero attached hydrogens (tertiary/aromatic N) is 1. The van der Waals surface area contributed by atoms with E-state index in [2.05, 4.69) is 53.1 Å². The van der Waals surface area contributed by atoms with Crippen LogP contribution in [-0.2, 0) is 0 Å². The SMILES string of the molecule is O=Cc1cccc(-c2ccc3c(c2)c2cc(-c4cccc(C=O)c4)ccc2n3-c2ccccc2)c1. The molecule has 0 atom stereocenters. The maximum atomic E-state index is 11.3. The highest BCUT2D eigenvalue weighted by atomic mass is 16.1. The third-order valence-electron chi connectivity index (χ3n) is 6.49. The number of fused-ring (bicyclic) bond motifs is 3. The Kier molecular flexibility index (Phi) is 5.08. The van der Waals surface area contributed by atoms with E-state index in [9.17, 15) is 9.59 Å². The van der Waals surface area contributed by atoms with Crippen molar-refractivity contribution in [2.45, 2.75) is 0 Å². The standard InChI is InChI=1S/C32H21NO2/c34-20-22-6-4-8-24(16-22)26-12-14-31-29(18-26)30-19-27(25-9-5-7-23(17-25)21-35)13-15-32(30)33(31)28-10-2-1-3-11-28/h1-21H. The fourth-order valence-corrected chi connectivity index (χ4v) is 4.82. The normalized spacial score (nSPS) is 11.1. The molecular formula is C32H21NO2. The van der Waals surface area contributed by atoms with Crippen molar-refractivity contribution in [3.63, 3.8) is 0 Å². The van der Waals surface area contributed by atoms with Gasteiger partial charge in [-0.25, -0.2) is 0 Å². The summed E-state index contributed by atoms with van der Waals surface area (Å²) in [4.78, 5) is 22.7. The van der Waals surface area contributed by atoms with Crippen LogP contribution in [-0.4, -0.2) is 17.1 Å². The number of carbonyl (C=O) groups is 2. The Labute approximate surface area is 202 Å². The third kappa shape index (κ3) is 3.64. The number of aldehydes is 2. The average Bonchev–Trinajstić information content (AvgIpc) is 3.26. The van der Waals surface area contributed by atoms with E-state index < -0.39 is 0 Å². The molecule has 0 aliphatic heterocycles. The highest BCUT2D eigenvalue weighted by Crippen LogP contribution is 2.37. The lowest BCUT2D eigenvalue weighted by Crippen LogP contribution is -1.93. The van der Waals surface area contributed by atoms with Gasteiger partial charge in [-0.1, -0.05) is 66.7 Å². The summed E-state index contributed by atoms with van der Waals surface area (Å²) < 4.78 is 2.28. The van der Waals surface area contributed by atoms with E-state index in [0.29, 0.717) is 11.1 Å². The van der Waals surface area contributed by atoms with Gasteiger partial charge in [-0.2, -0.15) is 0 Å². The van der Waals surface area contributed by atoms with Gasteiger partial charge >= 0.3 is 0 Å². The number of aromatic nitrogens is 1. The summed E-state index contributed by atoms with van der Waals surface area (Å²) in [5.74, 6) is 0. The van der Waals surface area contributed by atoms with E-state index in [-0.39, 0.29) is 0 Å². The molecule has 0 N–H and O–H groups in total. The summed E-state index contributed by atoms with van der Waals surface area (Å²) in [6.07, 6.45) is 1.76. The monoisotopic (exact) mass is 451 g/mol. The lowest BCUT2D eigenvalue weighted by atomic mass is 9.99. The topological polar surface area (TPSA) is 39.1 Å². The molecule has 0 aliphatic rings. The molecule has 3 heteroatoms. The Bertz CT molecular complexity index is 1620. The molecule has 6 rings (SSSR count). The second-order valence-electron chi connectivity index (χ2n) is 8.62. The number of hydrogen-bond acceptors (Lipinski definition) is 2. The summed E-state index contributed by atoms with van der Waals surface area (Å²) >= 11 is 0. The van der Waals surface area contributed by atoms with Crippen molar-refractivity contribution in [2.75, 3.05) is 0 Å². The average molecular weight is 452 g/mol. The first-order chi connectivity index (χ1) is 17.2. The Morgan fingerprint density at radius 1 is 0.457 bits per heavy atom. The van der Waals surface area contributed by atoms with Crippen molar-refractivity contribution in [1.29, 1.82) is 0 Å². The zero-order chi connectivity index (χ0) is 23.8. The Morgan fingerprint density at radius 3 is 1.43 bits per heavy atom. The summed E-state index contributed by atoms with van der Waals surface area (Å²) in [6, 6.07) is 38.6. The van der Waals surface area contributed by atoms with E-state index in [0.717, 1.165) is 62.3 Å². The highest BCUT2D eigenvalue weighted by molar-refractivity contribution is 6.11. The van der Waals surface area contributed by atoms with E-state index in [1.807, 2.05) is 66.7 Å². The van der Waals surface area contributed by atoms with Gasteiger partial charge in [-0.3, -0.25) is 9.59 Å². The molecule has 0 saturated heterocycles. The van der Waals surface area contributed by atoms with Gasteiger partial charge in [0.25, 0.3) is 0 Å². The third-order valence-corrected chi connectivity index (χ3v) is 6.49. The molecule has 35 heavy (non-hydrogen) atoms. The van der Waals surface area contributed by atoms with Gasteiger partial charge in [-0.05, 0) is 70.8 Å². The molecule has 0 amide bonds. The minimum absolute atomic E-state index is 0.659. The van der Waals surface area contributed by atoms with Crippen LogP contribution in [0.15, 0.2) is 115 Å². The molecule has 0 bridgehead atoms. The Balaban J connectivity index is 1.64. The highest BCUT2D eigenvalue weighted by Gasteiger charge is 2.14. The zero-order valence-electron chi connectivity index (χ0n) is 18.9. The van der Waals surface area contributed by atoms with Crippen LogP contribution in [0.1, 0.15) is 20.7 Å². The number of rotatable bonds is 5. The van der Waals surface area contributed by atoms with Crippen LogP contribution in [0.4, 0.5) is 0 Å². The molecule has 166 valence electrons. The van der Waals surface area contributed by atoms with Crippen molar-refractivity contribution in [1.82, 2.24) is 4.57 Å². The smallest absolute Gasteiger partial charge is 0.150 e. The number of para-hydroxylation sites is 1. The van der Waals surface area contributed by atoms with Gasteiger partial charge in [0, 0.05) is 27.6 Å². The quantitative estimate of drug-likeness (QED) is 0.251. The molecule has 1 heterocycles. The molecule has 0 unspecified atom stereocenters. The first kappa shape index (κ1) is 20.8. The van der Waals surface area contributed by atoms with Crippen molar-refractivity contribution in [3.8, 4) is 27.9 Å². The fourth-order valence-electron chi connectivity index (χ4n) is 4.82. The van der Waals surface area contributed by atoms with Crippen LogP contribution in [0.25, 0.3) is 49.7 Å². The van der Waals surface area contributed by atoms with Crippen molar-refractivity contribution in [2.24, 2.45) is 0 Å². The predicted molar refractivity (Wildman–Crippen MR) is 142 cm³/mol. The van der Waals surface area contributed by atoms with Crippen LogP contribution in [0.5, 0.6) is 0 Å². The maximum absolute atomic E-state index is 11.3. The Hall–Kier alpha value is -4.76. The summed E-state index contributed by atoms with van der Waals surface area (Å²) in [7, 11) is 0. The molecule has 6 aromatic rings. The minimum atomic E-state index is 0.659. The lowest BCUT2D eigenvalue weighted by molar-refractivity contribution is 0.111. The molecule has 1 aromatic heterocycles. The molecular weight excluding hydrogens is 430 g/mol. The van der Waals surface area contributed by atoms with E-state index in [1.165, 1.54) is 0 Å². The zero-order valence-corrected chi connectivity index (χ0v) is 18.9. The summed E-state index contributed by atoms with van der Waals surface area (Å²) in [5, 5.41) is 2.26. The minimum Gasteiger partial charge on any atom is -0.309 e. The molecule has 5 aromatic carbocycles. The summed E-state index contributed by atoms with van der Waals surface area (Å²) in [5.41, 5.74) is 8.76. The Morgan fingerprint density at radius 2 is 0.943 bits per heavy atom. The molecule has 0 fully saturated rings. The number of benzene rings is 5. The van der Waals surface area contributed by atoms with Crippen LogP contribution < -0.4 is 0 Å². The fraction of sp³-hybridized carbons (Fsp3) is 0. The molecule has 0 radical (unpaired) electrons. The predicted octanol–water partition coefficient (Wildman–Crippen LogP) is 7.74. The van der Waals surface area contributed by atoms with Crippen LogP contribution in [0.3, 0.4) is 0 Å². The number of hydrogen-bond donors (Lipinski definition) is 0. The van der Waals surface area contributed by atoms with E-state index in [1.54, 1.807) is 0 Å². The lowest BCUT2D eigenvalue weighted by Gasteiger charge is -2.08. The van der Waals surface area contributed by atoms with Crippen LogP contribution in [0, 0.1) is 0 Å². The number of carbonyl (C=O) groups excluding carboxylic acids is 2. The van der Waals surface area contributed by atoms with Crippen LogP contribution >= 0.6 is 0 Å². The first-order valence-electron chi connectivity index (χ1n) is 11.5. The van der Waals surface area contributed by atoms with Gasteiger partial charge in [0.1, 0.15) is 12.6 Å². The first-order valence-corrected chi connectivity index (χ1v) is 11.5. The van der Waals surface area contributed by atoms with Gasteiger partial charge in [0.15, 0.2) is 0 Å². The van der Waals surface area contributed by atoms with Crippen molar-refractivity contribution >= 4 is 34.4 Å². The van der Waals surface area contributed by atoms with Gasteiger partial charge in [-0.15, -0.1) is 0 Å². The molecule has 0 spiro atoms. The second kappa shape index (κ2) is 8.54. The second-order valence-corrected chi connectivity index (χ2v) is 8.62. The van der Waals surface area contributed by atoms with Crippen LogP contribution in [0.2, 0.25) is 0 Å².